The number of halogens is 1. The topological polar surface area (TPSA) is 76.7 Å². The lowest BCUT2D eigenvalue weighted by Gasteiger charge is -2.11. The van der Waals surface area contributed by atoms with Gasteiger partial charge in [-0.25, -0.2) is 15.8 Å². The van der Waals surface area contributed by atoms with E-state index in [4.69, 9.17) is 5.84 Å². The number of benzene rings is 1. The molecule has 3 rings (SSSR count). The Labute approximate surface area is 130 Å². The molecule has 3 aromatic rings. The number of aromatic nitrogens is 3. The van der Waals surface area contributed by atoms with Crippen molar-refractivity contribution in [3.05, 3.63) is 46.2 Å². The number of hydrogen-bond donors (Lipinski definition) is 2. The van der Waals surface area contributed by atoms with Gasteiger partial charge in [-0.1, -0.05) is 22.0 Å². The fourth-order valence-electron chi connectivity index (χ4n) is 2.21. The molecule has 0 amide bonds. The molecule has 0 atom stereocenters. The second kappa shape index (κ2) is 5.38. The van der Waals surface area contributed by atoms with Crippen LogP contribution in [0.5, 0.6) is 0 Å². The van der Waals surface area contributed by atoms with Crippen molar-refractivity contribution in [1.82, 2.24) is 15.0 Å². The van der Waals surface area contributed by atoms with Crippen LogP contribution < -0.4 is 11.3 Å². The second-order valence-corrected chi connectivity index (χ2v) is 5.60. The Kier molecular flexibility index (Phi) is 3.57. The highest BCUT2D eigenvalue weighted by Gasteiger charge is 2.13. The summed E-state index contributed by atoms with van der Waals surface area (Å²) in [4.78, 5) is 13.5. The van der Waals surface area contributed by atoms with Crippen molar-refractivity contribution < 1.29 is 0 Å². The molecule has 106 valence electrons. The van der Waals surface area contributed by atoms with Gasteiger partial charge in [0.25, 0.3) is 0 Å². The number of nitrogens with zero attached hydrogens (tertiary/aromatic N) is 3. The van der Waals surface area contributed by atoms with E-state index < -0.39 is 0 Å². The van der Waals surface area contributed by atoms with Gasteiger partial charge < -0.3 is 5.43 Å². The van der Waals surface area contributed by atoms with E-state index in [0.717, 1.165) is 32.2 Å². The van der Waals surface area contributed by atoms with Gasteiger partial charge >= 0.3 is 0 Å². The average Bonchev–Trinajstić information content (AvgIpc) is 2.51. The molecule has 6 heteroatoms. The average molecular weight is 344 g/mol. The molecule has 0 fully saturated rings. The van der Waals surface area contributed by atoms with E-state index in [9.17, 15) is 0 Å². The fraction of sp³-hybridized carbons (Fsp3) is 0.133. The van der Waals surface area contributed by atoms with Gasteiger partial charge in [0.2, 0.25) is 0 Å². The van der Waals surface area contributed by atoms with Gasteiger partial charge in [-0.2, -0.15) is 0 Å². The zero-order chi connectivity index (χ0) is 15.0. The van der Waals surface area contributed by atoms with Crippen LogP contribution in [0.3, 0.4) is 0 Å². The van der Waals surface area contributed by atoms with Gasteiger partial charge in [-0.05, 0) is 32.0 Å². The maximum absolute atomic E-state index is 5.54. The molecular weight excluding hydrogens is 330 g/mol. The van der Waals surface area contributed by atoms with E-state index in [1.165, 1.54) is 0 Å². The number of fused-ring (bicyclic) bond motifs is 1. The first-order valence-electron chi connectivity index (χ1n) is 6.47. The molecule has 5 nitrogen and oxygen atoms in total. The van der Waals surface area contributed by atoms with Crippen LogP contribution in [-0.2, 0) is 0 Å². The summed E-state index contributed by atoms with van der Waals surface area (Å²) < 4.78 is 0.996. The summed E-state index contributed by atoms with van der Waals surface area (Å²) in [5.41, 5.74) is 6.20. The minimum absolute atomic E-state index is 0.613. The van der Waals surface area contributed by atoms with Gasteiger partial charge in [0.15, 0.2) is 5.82 Å². The van der Waals surface area contributed by atoms with Crippen molar-refractivity contribution in [2.75, 3.05) is 5.43 Å². The number of hydrogen-bond acceptors (Lipinski definition) is 5. The van der Waals surface area contributed by atoms with E-state index in [-0.39, 0.29) is 0 Å². The quantitative estimate of drug-likeness (QED) is 0.551. The summed E-state index contributed by atoms with van der Waals surface area (Å²) in [7, 11) is 0. The highest BCUT2D eigenvalue weighted by molar-refractivity contribution is 9.10. The molecule has 0 aliphatic rings. The smallest absolute Gasteiger partial charge is 0.164 e. The van der Waals surface area contributed by atoms with Crippen LogP contribution in [0.25, 0.3) is 22.3 Å². The molecule has 0 bridgehead atoms. The highest BCUT2D eigenvalue weighted by atomic mass is 79.9. The normalized spacial score (nSPS) is 10.9. The third kappa shape index (κ3) is 2.36. The number of pyridine rings is 1. The van der Waals surface area contributed by atoms with Gasteiger partial charge in [-0.15, -0.1) is 0 Å². The number of nitrogen functional groups attached to an aromatic ring is 1. The minimum atomic E-state index is 0.613. The molecule has 0 radical (unpaired) electrons. The molecule has 21 heavy (non-hydrogen) atoms. The molecule has 1 aromatic carbocycles. The number of anilines is 1. The third-order valence-corrected chi connectivity index (χ3v) is 4.17. The third-order valence-electron chi connectivity index (χ3n) is 3.48. The van der Waals surface area contributed by atoms with Crippen LogP contribution in [0.1, 0.15) is 11.3 Å². The van der Waals surface area contributed by atoms with Crippen LogP contribution >= 0.6 is 15.9 Å². The summed E-state index contributed by atoms with van der Waals surface area (Å²) in [6.45, 7) is 3.88. The Morgan fingerprint density at radius 1 is 1.14 bits per heavy atom. The maximum Gasteiger partial charge on any atom is 0.164 e. The van der Waals surface area contributed by atoms with Crippen LogP contribution in [0.4, 0.5) is 5.82 Å². The Morgan fingerprint density at radius 2 is 1.95 bits per heavy atom. The molecule has 0 saturated carbocycles. The minimum Gasteiger partial charge on any atom is -0.308 e. The van der Waals surface area contributed by atoms with E-state index in [1.54, 1.807) is 6.20 Å². The van der Waals surface area contributed by atoms with Crippen LogP contribution in [-0.4, -0.2) is 15.0 Å². The van der Waals surface area contributed by atoms with Gasteiger partial charge in [0.1, 0.15) is 5.82 Å². The molecule has 3 N–H and O–H groups in total. The number of nitrogens with two attached hydrogens (primary N) is 1. The lowest BCUT2D eigenvalue weighted by atomic mass is 10.1. The molecule has 2 heterocycles. The molecule has 0 aliphatic carbocycles. The van der Waals surface area contributed by atoms with Crippen molar-refractivity contribution in [1.29, 1.82) is 0 Å². The predicted molar refractivity (Wildman–Crippen MR) is 87.8 cm³/mol. The SMILES string of the molecule is Cc1nc(-c2ccc(Br)c3cccnc23)nc(NN)c1C. The van der Waals surface area contributed by atoms with E-state index >= 15 is 0 Å². The van der Waals surface area contributed by atoms with Gasteiger partial charge in [0, 0.05) is 32.9 Å². The number of hydrazine groups is 1. The lowest BCUT2D eigenvalue weighted by Crippen LogP contribution is -2.12. The summed E-state index contributed by atoms with van der Waals surface area (Å²) in [5.74, 6) is 6.78. The Balaban J connectivity index is 2.31. The zero-order valence-corrected chi connectivity index (χ0v) is 13.3. The molecule has 2 aromatic heterocycles. The van der Waals surface area contributed by atoms with Crippen LogP contribution in [0.15, 0.2) is 34.9 Å². The first-order valence-corrected chi connectivity index (χ1v) is 7.26. The van der Waals surface area contributed by atoms with Crippen molar-refractivity contribution in [2.45, 2.75) is 13.8 Å². The van der Waals surface area contributed by atoms with Gasteiger partial charge in [-0.3, -0.25) is 4.98 Å². The standard InChI is InChI=1S/C15H14BrN5/c1-8-9(2)19-15(20-14(8)21-17)11-5-6-12(16)10-4-3-7-18-13(10)11/h3-7H,17H2,1-2H3,(H,19,20,21). The second-order valence-electron chi connectivity index (χ2n) is 4.75. The molecule has 0 spiro atoms. The fourth-order valence-corrected chi connectivity index (χ4v) is 2.66. The predicted octanol–water partition coefficient (Wildman–Crippen LogP) is 3.36. The van der Waals surface area contributed by atoms with Gasteiger partial charge in [0.05, 0.1) is 5.52 Å². The highest BCUT2D eigenvalue weighted by Crippen LogP contribution is 2.31. The van der Waals surface area contributed by atoms with E-state index in [2.05, 4.69) is 36.3 Å². The molecular formula is C15H14BrN5. The summed E-state index contributed by atoms with van der Waals surface area (Å²) >= 11 is 3.54. The van der Waals surface area contributed by atoms with Crippen molar-refractivity contribution in [2.24, 2.45) is 5.84 Å². The first-order chi connectivity index (χ1) is 10.1. The Morgan fingerprint density at radius 3 is 2.71 bits per heavy atom. The largest absolute Gasteiger partial charge is 0.308 e. The Hall–Kier alpha value is -2.05. The zero-order valence-electron chi connectivity index (χ0n) is 11.7. The Bertz CT molecular complexity index is 832. The van der Waals surface area contributed by atoms with Crippen LogP contribution in [0.2, 0.25) is 0 Å². The summed E-state index contributed by atoms with van der Waals surface area (Å²) in [6, 6.07) is 7.86. The van der Waals surface area contributed by atoms with Crippen molar-refractivity contribution in [3.63, 3.8) is 0 Å². The van der Waals surface area contributed by atoms with Crippen LogP contribution in [0, 0.1) is 13.8 Å². The van der Waals surface area contributed by atoms with E-state index in [1.807, 2.05) is 38.1 Å². The maximum atomic E-state index is 5.54. The molecule has 0 saturated heterocycles. The monoisotopic (exact) mass is 343 g/mol. The number of nitrogens with one attached hydrogen (secondary N) is 1. The first kappa shape index (κ1) is 13.9. The molecule has 0 aliphatic heterocycles. The summed E-state index contributed by atoms with van der Waals surface area (Å²) in [5, 5.41) is 1.03. The number of aryl methyl sites for hydroxylation is 1. The lowest BCUT2D eigenvalue weighted by molar-refractivity contribution is 1.06. The van der Waals surface area contributed by atoms with E-state index in [0.29, 0.717) is 11.6 Å². The number of rotatable bonds is 2. The van der Waals surface area contributed by atoms with Crippen molar-refractivity contribution >= 4 is 32.7 Å². The molecule has 0 unspecified atom stereocenters. The van der Waals surface area contributed by atoms with Crippen molar-refractivity contribution in [3.8, 4) is 11.4 Å². The summed E-state index contributed by atoms with van der Waals surface area (Å²) in [6.07, 6.45) is 1.77.